The summed E-state index contributed by atoms with van der Waals surface area (Å²) in [6.07, 6.45) is 2.57. The minimum absolute atomic E-state index is 0.159. The van der Waals surface area contributed by atoms with E-state index in [2.05, 4.69) is 29.3 Å². The molecule has 2 aromatic carbocycles. The first kappa shape index (κ1) is 17.2. The van der Waals surface area contributed by atoms with E-state index < -0.39 is 0 Å². The van der Waals surface area contributed by atoms with Crippen LogP contribution in [-0.2, 0) is 11.2 Å². The van der Waals surface area contributed by atoms with Crippen molar-refractivity contribution in [3.8, 4) is 0 Å². The van der Waals surface area contributed by atoms with Crippen molar-refractivity contribution in [3.05, 3.63) is 71.0 Å². The van der Waals surface area contributed by atoms with E-state index in [1.54, 1.807) is 0 Å². The second kappa shape index (κ2) is 7.20. The molecule has 1 amide bonds. The van der Waals surface area contributed by atoms with E-state index in [-0.39, 0.29) is 23.7 Å². The van der Waals surface area contributed by atoms with Crippen LogP contribution in [-0.4, -0.2) is 36.0 Å². The van der Waals surface area contributed by atoms with E-state index in [0.29, 0.717) is 12.5 Å². The van der Waals surface area contributed by atoms with Gasteiger partial charge in [0.25, 0.3) is 0 Å². The van der Waals surface area contributed by atoms with Gasteiger partial charge in [-0.05, 0) is 43.0 Å². The quantitative estimate of drug-likeness (QED) is 0.918. The van der Waals surface area contributed by atoms with Gasteiger partial charge in [0, 0.05) is 25.0 Å². The number of halogens is 1. The Morgan fingerprint density at radius 2 is 1.88 bits per heavy atom. The third-order valence-electron chi connectivity index (χ3n) is 5.79. The molecule has 0 radical (unpaired) electrons. The number of fused-ring (bicyclic) bond motifs is 1. The summed E-state index contributed by atoms with van der Waals surface area (Å²) in [5.74, 6) is 0.203. The SMILES string of the molecule is Cc1ccc(CC(=O)N2CCC[C@H]3NC[C@H](c4ccc(F)cc4)[C@H]32)cc1. The van der Waals surface area contributed by atoms with E-state index in [4.69, 9.17) is 0 Å². The van der Waals surface area contributed by atoms with Crippen molar-refractivity contribution in [1.82, 2.24) is 10.2 Å². The lowest BCUT2D eigenvalue weighted by atomic mass is 9.85. The molecule has 2 fully saturated rings. The third-order valence-corrected chi connectivity index (χ3v) is 5.79. The summed E-state index contributed by atoms with van der Waals surface area (Å²) < 4.78 is 13.3. The Kier molecular flexibility index (Phi) is 4.77. The highest BCUT2D eigenvalue weighted by atomic mass is 19.1. The second-order valence-corrected chi connectivity index (χ2v) is 7.56. The van der Waals surface area contributed by atoms with E-state index in [0.717, 1.165) is 37.1 Å². The third kappa shape index (κ3) is 3.38. The van der Waals surface area contributed by atoms with E-state index in [1.165, 1.54) is 17.7 Å². The average molecular weight is 352 g/mol. The number of amides is 1. The van der Waals surface area contributed by atoms with Gasteiger partial charge in [-0.1, -0.05) is 42.0 Å². The van der Waals surface area contributed by atoms with Crippen molar-refractivity contribution in [2.75, 3.05) is 13.1 Å². The summed E-state index contributed by atoms with van der Waals surface area (Å²) in [5.41, 5.74) is 3.38. The number of carbonyl (C=O) groups is 1. The lowest BCUT2D eigenvalue weighted by molar-refractivity contribution is -0.134. The standard InChI is InChI=1S/C22H25FN2O/c1-15-4-6-16(7-5-15)13-21(26)25-12-2-3-20-22(25)19(14-24-20)17-8-10-18(23)11-9-17/h4-11,19-20,22,24H,2-3,12-14H2,1H3/t19-,20-,22-/m1/s1. The summed E-state index contributed by atoms with van der Waals surface area (Å²) in [6, 6.07) is 15.4. The van der Waals surface area contributed by atoms with Gasteiger partial charge in [-0.3, -0.25) is 4.79 Å². The molecule has 2 aliphatic rings. The van der Waals surface area contributed by atoms with Gasteiger partial charge in [-0.25, -0.2) is 4.39 Å². The predicted molar refractivity (Wildman–Crippen MR) is 101 cm³/mol. The second-order valence-electron chi connectivity index (χ2n) is 7.56. The molecular formula is C22H25FN2O. The molecule has 0 spiro atoms. The topological polar surface area (TPSA) is 32.3 Å². The summed E-state index contributed by atoms with van der Waals surface area (Å²) in [7, 11) is 0. The largest absolute Gasteiger partial charge is 0.337 e. The fourth-order valence-corrected chi connectivity index (χ4v) is 4.44. The van der Waals surface area contributed by atoms with Crippen molar-refractivity contribution in [1.29, 1.82) is 0 Å². The first-order chi connectivity index (χ1) is 12.6. The number of rotatable bonds is 3. The van der Waals surface area contributed by atoms with E-state index >= 15 is 0 Å². The molecule has 0 saturated carbocycles. The molecule has 4 rings (SSSR count). The van der Waals surface area contributed by atoms with Crippen LogP contribution in [0.5, 0.6) is 0 Å². The van der Waals surface area contributed by atoms with Crippen LogP contribution < -0.4 is 5.32 Å². The monoisotopic (exact) mass is 352 g/mol. The maximum Gasteiger partial charge on any atom is 0.227 e. The van der Waals surface area contributed by atoms with Crippen LogP contribution in [0.4, 0.5) is 4.39 Å². The van der Waals surface area contributed by atoms with Gasteiger partial charge in [0.1, 0.15) is 5.82 Å². The normalized spacial score (nSPS) is 25.2. The predicted octanol–water partition coefficient (Wildman–Crippen LogP) is 3.42. The molecule has 4 heteroatoms. The Balaban J connectivity index is 1.55. The number of piperidine rings is 1. The number of aryl methyl sites for hydroxylation is 1. The Bertz CT molecular complexity index is 772. The summed E-state index contributed by atoms with van der Waals surface area (Å²) in [4.78, 5) is 15.1. The lowest BCUT2D eigenvalue weighted by Crippen LogP contribution is -2.53. The summed E-state index contributed by atoms with van der Waals surface area (Å²) >= 11 is 0. The maximum absolute atomic E-state index is 13.3. The van der Waals surface area contributed by atoms with Crippen molar-refractivity contribution in [2.24, 2.45) is 0 Å². The van der Waals surface area contributed by atoms with Gasteiger partial charge in [-0.15, -0.1) is 0 Å². The minimum atomic E-state index is -0.216. The van der Waals surface area contributed by atoms with Crippen LogP contribution in [0.2, 0.25) is 0 Å². The first-order valence-electron chi connectivity index (χ1n) is 9.46. The number of nitrogens with one attached hydrogen (secondary N) is 1. The zero-order valence-corrected chi connectivity index (χ0v) is 15.1. The fraction of sp³-hybridized carbons (Fsp3) is 0.409. The fourth-order valence-electron chi connectivity index (χ4n) is 4.44. The van der Waals surface area contributed by atoms with Crippen LogP contribution in [0.25, 0.3) is 0 Å². The number of hydrogen-bond acceptors (Lipinski definition) is 2. The Morgan fingerprint density at radius 1 is 1.15 bits per heavy atom. The van der Waals surface area contributed by atoms with Gasteiger partial charge >= 0.3 is 0 Å². The highest BCUT2D eigenvalue weighted by Gasteiger charge is 2.44. The molecule has 2 aromatic rings. The molecule has 0 unspecified atom stereocenters. The highest BCUT2D eigenvalue weighted by Crippen LogP contribution is 2.35. The molecule has 3 nitrogen and oxygen atoms in total. The molecule has 26 heavy (non-hydrogen) atoms. The first-order valence-corrected chi connectivity index (χ1v) is 9.46. The van der Waals surface area contributed by atoms with E-state index in [1.807, 2.05) is 24.3 Å². The number of hydrogen-bond donors (Lipinski definition) is 1. The van der Waals surface area contributed by atoms with Crippen LogP contribution in [0, 0.1) is 12.7 Å². The molecule has 2 heterocycles. The number of nitrogens with zero attached hydrogens (tertiary/aromatic N) is 1. The van der Waals surface area contributed by atoms with Crippen LogP contribution in [0.3, 0.4) is 0 Å². The van der Waals surface area contributed by atoms with Gasteiger partial charge in [0.05, 0.1) is 12.5 Å². The molecule has 2 saturated heterocycles. The molecule has 0 bridgehead atoms. The zero-order chi connectivity index (χ0) is 18.1. The maximum atomic E-state index is 13.3. The number of likely N-dealkylation sites (tertiary alicyclic amines) is 1. The molecule has 2 aliphatic heterocycles. The van der Waals surface area contributed by atoms with Crippen LogP contribution in [0.1, 0.15) is 35.4 Å². The lowest BCUT2D eigenvalue weighted by Gasteiger charge is -2.40. The van der Waals surface area contributed by atoms with Gasteiger partial charge < -0.3 is 10.2 Å². The average Bonchev–Trinajstić information content (AvgIpc) is 3.08. The van der Waals surface area contributed by atoms with Gasteiger partial charge in [0.15, 0.2) is 0 Å². The van der Waals surface area contributed by atoms with Crippen molar-refractivity contribution in [3.63, 3.8) is 0 Å². The van der Waals surface area contributed by atoms with Crippen LogP contribution >= 0.6 is 0 Å². The molecule has 0 aliphatic carbocycles. The molecular weight excluding hydrogens is 327 g/mol. The Hall–Kier alpha value is -2.20. The smallest absolute Gasteiger partial charge is 0.227 e. The van der Waals surface area contributed by atoms with Crippen molar-refractivity contribution >= 4 is 5.91 Å². The Morgan fingerprint density at radius 3 is 2.62 bits per heavy atom. The molecule has 0 aromatic heterocycles. The van der Waals surface area contributed by atoms with E-state index in [9.17, 15) is 9.18 Å². The van der Waals surface area contributed by atoms with Crippen molar-refractivity contribution < 1.29 is 9.18 Å². The number of benzene rings is 2. The zero-order valence-electron chi connectivity index (χ0n) is 15.1. The van der Waals surface area contributed by atoms with Crippen molar-refractivity contribution in [2.45, 2.75) is 44.2 Å². The van der Waals surface area contributed by atoms with Crippen LogP contribution in [0.15, 0.2) is 48.5 Å². The summed E-state index contributed by atoms with van der Waals surface area (Å²) in [6.45, 7) is 3.71. The van der Waals surface area contributed by atoms with Gasteiger partial charge in [-0.2, -0.15) is 0 Å². The highest BCUT2D eigenvalue weighted by molar-refractivity contribution is 5.79. The number of carbonyl (C=O) groups excluding carboxylic acids is 1. The molecule has 3 atom stereocenters. The summed E-state index contributed by atoms with van der Waals surface area (Å²) in [5, 5.41) is 3.59. The van der Waals surface area contributed by atoms with Gasteiger partial charge in [0.2, 0.25) is 5.91 Å². The molecule has 1 N–H and O–H groups in total. The Labute approximate surface area is 154 Å². The molecule has 136 valence electrons. The minimum Gasteiger partial charge on any atom is -0.337 e.